The highest BCUT2D eigenvalue weighted by atomic mass is 16.7. The van der Waals surface area contributed by atoms with Crippen molar-refractivity contribution in [2.24, 2.45) is 0 Å². The number of rotatable bonds is 47. The van der Waals surface area contributed by atoms with E-state index in [9.17, 15) is 30.3 Å². The third-order valence-corrected chi connectivity index (χ3v) is 13.0. The van der Waals surface area contributed by atoms with Crippen LogP contribution in [0.1, 0.15) is 245 Å². The molecule has 0 aliphatic carbocycles. The van der Waals surface area contributed by atoms with Crippen molar-refractivity contribution >= 4 is 5.91 Å². The summed E-state index contributed by atoms with van der Waals surface area (Å²) in [5, 5.41) is 54.4. The lowest BCUT2D eigenvalue weighted by Crippen LogP contribution is -2.60. The van der Waals surface area contributed by atoms with Crippen molar-refractivity contribution in [2.45, 2.75) is 288 Å². The van der Waals surface area contributed by atoms with Crippen molar-refractivity contribution in [3.8, 4) is 0 Å². The molecule has 1 aliphatic heterocycles. The van der Waals surface area contributed by atoms with E-state index in [4.69, 9.17) is 9.47 Å². The van der Waals surface area contributed by atoms with Crippen LogP contribution in [0.5, 0.6) is 0 Å². The average molecular weight is 944 g/mol. The van der Waals surface area contributed by atoms with Gasteiger partial charge in [0.15, 0.2) is 6.29 Å². The Morgan fingerprint density at radius 2 is 0.896 bits per heavy atom. The number of allylic oxidation sites excluding steroid dienone is 9. The van der Waals surface area contributed by atoms with Crippen LogP contribution >= 0.6 is 0 Å². The normalized spacial score (nSPS) is 20.1. The predicted molar refractivity (Wildman–Crippen MR) is 281 cm³/mol. The van der Waals surface area contributed by atoms with E-state index in [1.165, 1.54) is 167 Å². The quantitative estimate of drug-likeness (QED) is 0.0261. The lowest BCUT2D eigenvalue weighted by atomic mass is 9.99. The molecule has 0 aromatic heterocycles. The Balaban J connectivity index is 2.24. The molecule has 0 aromatic carbocycles. The lowest BCUT2D eigenvalue weighted by molar-refractivity contribution is -0.302. The molecule has 1 fully saturated rings. The topological polar surface area (TPSA) is 149 Å². The standard InChI is InChI=1S/C58H105NO8/c1-3-5-7-9-11-13-15-17-19-21-22-23-24-25-26-27-28-29-30-32-34-36-38-40-42-44-46-48-54(62)59-51(50-66-58-57(65)56(64)55(63)53(49-60)67-58)52(61)47-45-43-41-39-37-35-33-31-20-18-16-14-12-10-8-6-4-2/h15,17,20-22,31,37,39,45,47,51-53,55-58,60-61,63-65H,3-14,16,18-19,23-30,32-36,38,40-44,46,48-50H2,1-2H3,(H,59,62)/b17-15-,22-21-,31-20+,39-37+,47-45+. The molecule has 9 nitrogen and oxygen atoms in total. The average Bonchev–Trinajstić information content (AvgIpc) is 3.33. The van der Waals surface area contributed by atoms with Gasteiger partial charge in [0.1, 0.15) is 24.4 Å². The molecular weight excluding hydrogens is 839 g/mol. The molecule has 6 N–H and O–H groups in total. The molecule has 0 saturated carbocycles. The molecule has 1 saturated heterocycles. The van der Waals surface area contributed by atoms with Gasteiger partial charge in [-0.25, -0.2) is 0 Å². The number of amides is 1. The molecule has 7 unspecified atom stereocenters. The van der Waals surface area contributed by atoms with Crippen LogP contribution in [0.25, 0.3) is 0 Å². The smallest absolute Gasteiger partial charge is 0.220 e. The second-order valence-corrected chi connectivity index (χ2v) is 19.4. The van der Waals surface area contributed by atoms with Crippen molar-refractivity contribution in [1.29, 1.82) is 0 Å². The maximum Gasteiger partial charge on any atom is 0.220 e. The van der Waals surface area contributed by atoms with E-state index in [0.717, 1.165) is 57.8 Å². The largest absolute Gasteiger partial charge is 0.394 e. The number of hydrogen-bond acceptors (Lipinski definition) is 8. The highest BCUT2D eigenvalue weighted by molar-refractivity contribution is 5.76. The summed E-state index contributed by atoms with van der Waals surface area (Å²) >= 11 is 0. The zero-order chi connectivity index (χ0) is 48.7. The highest BCUT2D eigenvalue weighted by Crippen LogP contribution is 2.23. The van der Waals surface area contributed by atoms with E-state index in [1.54, 1.807) is 6.08 Å². The summed E-state index contributed by atoms with van der Waals surface area (Å²) in [4.78, 5) is 13.0. The monoisotopic (exact) mass is 944 g/mol. The molecule has 0 bridgehead atoms. The van der Waals surface area contributed by atoms with Gasteiger partial charge in [-0.1, -0.05) is 222 Å². The van der Waals surface area contributed by atoms with Crippen LogP contribution in [0.4, 0.5) is 0 Å². The van der Waals surface area contributed by atoms with Gasteiger partial charge >= 0.3 is 0 Å². The van der Waals surface area contributed by atoms with E-state index in [0.29, 0.717) is 6.42 Å². The first-order valence-corrected chi connectivity index (χ1v) is 28.0. The number of unbranched alkanes of at least 4 members (excludes halogenated alkanes) is 29. The summed E-state index contributed by atoms with van der Waals surface area (Å²) in [7, 11) is 0. The molecule has 7 atom stereocenters. The molecule has 67 heavy (non-hydrogen) atoms. The summed E-state index contributed by atoms with van der Waals surface area (Å²) in [5.41, 5.74) is 0. The second-order valence-electron chi connectivity index (χ2n) is 19.4. The number of aliphatic hydroxyl groups excluding tert-OH is 5. The SMILES string of the molecule is CCCCCCC/C=C\C/C=C\CCCCCCCCCCCCCCCCCC(=O)NC(COC1OC(CO)C(O)C(O)C1O)C(O)/C=C/CC/C=C/CC/C=C/CCCCCCCCC. The molecule has 390 valence electrons. The van der Waals surface area contributed by atoms with Crippen molar-refractivity contribution in [3.63, 3.8) is 0 Å². The van der Waals surface area contributed by atoms with Crippen molar-refractivity contribution in [1.82, 2.24) is 5.32 Å². The molecule has 0 aromatic rings. The Morgan fingerprint density at radius 3 is 1.34 bits per heavy atom. The third-order valence-electron chi connectivity index (χ3n) is 13.0. The van der Waals surface area contributed by atoms with Crippen molar-refractivity contribution in [3.05, 3.63) is 60.8 Å². The van der Waals surface area contributed by atoms with Gasteiger partial charge < -0.3 is 40.3 Å². The number of nitrogens with one attached hydrogen (secondary N) is 1. The van der Waals surface area contributed by atoms with E-state index >= 15 is 0 Å². The highest BCUT2D eigenvalue weighted by Gasteiger charge is 2.44. The summed E-state index contributed by atoms with van der Waals surface area (Å²) in [6.07, 6.45) is 57.1. The zero-order valence-corrected chi connectivity index (χ0v) is 43.1. The van der Waals surface area contributed by atoms with Crippen LogP contribution in [0.2, 0.25) is 0 Å². The first-order chi connectivity index (χ1) is 32.8. The summed E-state index contributed by atoms with van der Waals surface area (Å²) < 4.78 is 11.2. The predicted octanol–water partition coefficient (Wildman–Crippen LogP) is 13.5. The van der Waals surface area contributed by atoms with Crippen LogP contribution in [0.15, 0.2) is 60.8 Å². The molecule has 0 radical (unpaired) electrons. The van der Waals surface area contributed by atoms with E-state index in [2.05, 4.69) is 67.8 Å². The summed E-state index contributed by atoms with van der Waals surface area (Å²) in [5.74, 6) is -0.191. The van der Waals surface area contributed by atoms with Gasteiger partial charge in [0.2, 0.25) is 5.91 Å². The number of ether oxygens (including phenoxy) is 2. The first-order valence-electron chi connectivity index (χ1n) is 28.0. The lowest BCUT2D eigenvalue weighted by Gasteiger charge is -2.40. The van der Waals surface area contributed by atoms with Gasteiger partial charge in [-0.3, -0.25) is 4.79 Å². The summed E-state index contributed by atoms with van der Waals surface area (Å²) in [6, 6.07) is -0.829. The van der Waals surface area contributed by atoms with Gasteiger partial charge in [0.25, 0.3) is 0 Å². The molecule has 1 aliphatic rings. The first kappa shape index (κ1) is 62.9. The number of carbonyl (C=O) groups is 1. The third kappa shape index (κ3) is 37.4. The van der Waals surface area contributed by atoms with Gasteiger partial charge in [-0.2, -0.15) is 0 Å². The molecule has 9 heteroatoms. The molecule has 1 amide bonds. The fraction of sp³-hybridized carbons (Fsp3) is 0.810. The van der Waals surface area contributed by atoms with Gasteiger partial charge in [0.05, 0.1) is 25.4 Å². The Labute approximate surface area is 411 Å². The Hall–Kier alpha value is -2.11. The van der Waals surface area contributed by atoms with Crippen LogP contribution < -0.4 is 5.32 Å². The fourth-order valence-corrected chi connectivity index (χ4v) is 8.57. The van der Waals surface area contributed by atoms with Crippen LogP contribution in [0.3, 0.4) is 0 Å². The zero-order valence-electron chi connectivity index (χ0n) is 43.1. The molecule has 1 rings (SSSR count). The van der Waals surface area contributed by atoms with Crippen LogP contribution in [-0.4, -0.2) is 87.5 Å². The van der Waals surface area contributed by atoms with Crippen LogP contribution in [0, 0.1) is 0 Å². The fourth-order valence-electron chi connectivity index (χ4n) is 8.57. The maximum absolute atomic E-state index is 13.0. The second kappa shape index (κ2) is 47.6. The Bertz CT molecular complexity index is 1230. The number of carbonyl (C=O) groups excluding carboxylic acids is 1. The molecular formula is C58H105NO8. The van der Waals surface area contributed by atoms with Crippen LogP contribution in [-0.2, 0) is 14.3 Å². The van der Waals surface area contributed by atoms with Crippen molar-refractivity contribution < 1.29 is 39.8 Å². The van der Waals surface area contributed by atoms with Crippen molar-refractivity contribution in [2.75, 3.05) is 13.2 Å². The number of hydrogen-bond donors (Lipinski definition) is 6. The minimum absolute atomic E-state index is 0.191. The Morgan fingerprint density at radius 1 is 0.507 bits per heavy atom. The van der Waals surface area contributed by atoms with Gasteiger partial charge in [-0.15, -0.1) is 0 Å². The molecule has 1 heterocycles. The van der Waals surface area contributed by atoms with Gasteiger partial charge in [-0.05, 0) is 77.0 Å². The minimum atomic E-state index is -1.58. The summed E-state index contributed by atoms with van der Waals surface area (Å²) in [6.45, 7) is 3.75. The number of aliphatic hydroxyl groups is 5. The van der Waals surface area contributed by atoms with E-state index < -0.39 is 49.5 Å². The van der Waals surface area contributed by atoms with Gasteiger partial charge in [0, 0.05) is 6.42 Å². The minimum Gasteiger partial charge on any atom is -0.394 e. The Kier molecular flexibility index (Phi) is 44.7. The maximum atomic E-state index is 13.0. The molecule has 0 spiro atoms. The van der Waals surface area contributed by atoms with E-state index in [-0.39, 0.29) is 12.5 Å². The van der Waals surface area contributed by atoms with E-state index in [1.807, 2.05) is 6.08 Å².